The Morgan fingerprint density at radius 1 is 1.22 bits per heavy atom. The predicted octanol–water partition coefficient (Wildman–Crippen LogP) is 4.74. The summed E-state index contributed by atoms with van der Waals surface area (Å²) in [5, 5.41) is 4.78. The van der Waals surface area contributed by atoms with E-state index in [9.17, 15) is 0 Å². The third kappa shape index (κ3) is 2.83. The van der Waals surface area contributed by atoms with Crippen molar-refractivity contribution in [2.75, 3.05) is 5.32 Å². The van der Waals surface area contributed by atoms with Crippen LogP contribution in [0.4, 0.5) is 5.82 Å². The third-order valence-corrected chi connectivity index (χ3v) is 5.83. The fourth-order valence-electron chi connectivity index (χ4n) is 3.30. The largest absolute Gasteiger partial charge is 0.365 e. The van der Waals surface area contributed by atoms with Gasteiger partial charge in [0.05, 0.1) is 5.39 Å². The standard InChI is InChI=1S/C19H21N3S/c1-12-3-6-14(7-4-12)10-20-18-17-15-8-5-13(2)9-16(15)23-19(17)22-11-21-18/h3-4,6-7,11,13H,5,8-10H2,1-2H3,(H,20,21,22)/t13-/m1/s1. The van der Waals surface area contributed by atoms with Gasteiger partial charge in [0.2, 0.25) is 0 Å². The molecule has 3 aromatic rings. The minimum atomic E-state index is 0.785. The summed E-state index contributed by atoms with van der Waals surface area (Å²) in [6.45, 7) is 5.26. The number of hydrogen-bond donors (Lipinski definition) is 1. The molecule has 0 saturated heterocycles. The molecule has 0 aliphatic heterocycles. The molecule has 0 saturated carbocycles. The van der Waals surface area contributed by atoms with E-state index in [1.165, 1.54) is 39.8 Å². The van der Waals surface area contributed by atoms with Crippen molar-refractivity contribution in [1.29, 1.82) is 0 Å². The Balaban J connectivity index is 1.66. The van der Waals surface area contributed by atoms with Crippen LogP contribution < -0.4 is 5.32 Å². The summed E-state index contributed by atoms with van der Waals surface area (Å²) in [4.78, 5) is 11.7. The fraction of sp³-hybridized carbons (Fsp3) is 0.368. The van der Waals surface area contributed by atoms with Gasteiger partial charge >= 0.3 is 0 Å². The smallest absolute Gasteiger partial charge is 0.138 e. The van der Waals surface area contributed by atoms with Crippen LogP contribution in [0.3, 0.4) is 0 Å². The lowest BCUT2D eigenvalue weighted by atomic mass is 9.89. The normalized spacial score (nSPS) is 17.2. The highest BCUT2D eigenvalue weighted by molar-refractivity contribution is 7.19. The molecular weight excluding hydrogens is 302 g/mol. The van der Waals surface area contributed by atoms with Crippen molar-refractivity contribution < 1.29 is 0 Å². The number of hydrogen-bond acceptors (Lipinski definition) is 4. The average Bonchev–Trinajstić information content (AvgIpc) is 2.92. The van der Waals surface area contributed by atoms with Crippen molar-refractivity contribution in [2.45, 2.75) is 39.7 Å². The van der Waals surface area contributed by atoms with E-state index in [2.05, 4.69) is 53.4 Å². The monoisotopic (exact) mass is 323 g/mol. The molecule has 4 heteroatoms. The van der Waals surface area contributed by atoms with Gasteiger partial charge in [0.1, 0.15) is 17.0 Å². The van der Waals surface area contributed by atoms with Crippen molar-refractivity contribution in [1.82, 2.24) is 9.97 Å². The zero-order valence-electron chi connectivity index (χ0n) is 13.6. The van der Waals surface area contributed by atoms with Gasteiger partial charge in [-0.3, -0.25) is 0 Å². The highest BCUT2D eigenvalue weighted by atomic mass is 32.1. The second-order valence-electron chi connectivity index (χ2n) is 6.59. The quantitative estimate of drug-likeness (QED) is 0.757. The first-order chi connectivity index (χ1) is 11.2. The molecule has 0 radical (unpaired) electrons. The SMILES string of the molecule is Cc1ccc(CNc2ncnc3sc4c(c23)CC[C@@H](C)C4)cc1. The molecule has 0 spiro atoms. The summed E-state index contributed by atoms with van der Waals surface area (Å²) in [5.41, 5.74) is 4.05. The number of nitrogens with one attached hydrogen (secondary N) is 1. The average molecular weight is 323 g/mol. The zero-order valence-corrected chi connectivity index (χ0v) is 14.4. The lowest BCUT2D eigenvalue weighted by Crippen LogP contribution is -2.09. The first-order valence-electron chi connectivity index (χ1n) is 8.25. The van der Waals surface area contributed by atoms with Crippen molar-refractivity contribution in [3.8, 4) is 0 Å². The van der Waals surface area contributed by atoms with E-state index >= 15 is 0 Å². The second-order valence-corrected chi connectivity index (χ2v) is 7.68. The Kier molecular flexibility index (Phi) is 3.77. The summed E-state index contributed by atoms with van der Waals surface area (Å²) >= 11 is 1.85. The van der Waals surface area contributed by atoms with Gasteiger partial charge in [0, 0.05) is 11.4 Å². The van der Waals surface area contributed by atoms with Crippen LogP contribution >= 0.6 is 11.3 Å². The van der Waals surface area contributed by atoms with E-state index in [1.807, 2.05) is 11.3 Å². The number of aryl methyl sites for hydroxylation is 2. The third-order valence-electron chi connectivity index (χ3n) is 4.67. The number of rotatable bonds is 3. The molecule has 1 atom stereocenters. The molecule has 0 bridgehead atoms. The van der Waals surface area contributed by atoms with Gasteiger partial charge in [-0.25, -0.2) is 9.97 Å². The summed E-state index contributed by atoms with van der Waals surface area (Å²) in [6.07, 6.45) is 5.30. The minimum absolute atomic E-state index is 0.785. The number of thiophene rings is 1. The van der Waals surface area contributed by atoms with Gasteiger partial charge < -0.3 is 5.32 Å². The predicted molar refractivity (Wildman–Crippen MR) is 97.1 cm³/mol. The number of nitrogens with zero attached hydrogens (tertiary/aromatic N) is 2. The van der Waals surface area contributed by atoms with Crippen molar-refractivity contribution in [3.63, 3.8) is 0 Å². The summed E-state index contributed by atoms with van der Waals surface area (Å²) in [6, 6.07) is 8.65. The van der Waals surface area contributed by atoms with Crippen LogP contribution in [0.5, 0.6) is 0 Å². The van der Waals surface area contributed by atoms with Crippen LogP contribution in [0.25, 0.3) is 10.2 Å². The molecule has 1 aliphatic rings. The van der Waals surface area contributed by atoms with E-state index in [0.29, 0.717) is 0 Å². The Hall–Kier alpha value is -1.94. The number of benzene rings is 1. The molecule has 0 fully saturated rings. The molecule has 118 valence electrons. The van der Waals surface area contributed by atoms with E-state index in [-0.39, 0.29) is 0 Å². The molecule has 4 rings (SSSR count). The van der Waals surface area contributed by atoms with Gasteiger partial charge in [-0.2, -0.15) is 0 Å². The molecule has 1 N–H and O–H groups in total. The Bertz CT molecular complexity index is 836. The first-order valence-corrected chi connectivity index (χ1v) is 9.07. The molecule has 0 amide bonds. The summed E-state index contributed by atoms with van der Waals surface area (Å²) in [7, 11) is 0. The van der Waals surface area contributed by atoms with E-state index in [4.69, 9.17) is 0 Å². The maximum absolute atomic E-state index is 4.52. The van der Waals surface area contributed by atoms with E-state index in [1.54, 1.807) is 6.33 Å². The number of anilines is 1. The topological polar surface area (TPSA) is 37.8 Å². The lowest BCUT2D eigenvalue weighted by molar-refractivity contribution is 0.509. The fourth-order valence-corrected chi connectivity index (χ4v) is 4.65. The van der Waals surface area contributed by atoms with Crippen LogP contribution in [0.15, 0.2) is 30.6 Å². The van der Waals surface area contributed by atoms with Crippen LogP contribution in [0, 0.1) is 12.8 Å². The number of fused-ring (bicyclic) bond motifs is 3. The highest BCUT2D eigenvalue weighted by Gasteiger charge is 2.22. The number of aromatic nitrogens is 2. The molecule has 2 heterocycles. The van der Waals surface area contributed by atoms with Gasteiger partial charge in [0.15, 0.2) is 0 Å². The highest BCUT2D eigenvalue weighted by Crippen LogP contribution is 2.39. The van der Waals surface area contributed by atoms with Gasteiger partial charge in [-0.1, -0.05) is 36.8 Å². The molecule has 0 unspecified atom stereocenters. The molecular formula is C19H21N3S. The van der Waals surface area contributed by atoms with Crippen LogP contribution in [0.1, 0.15) is 34.9 Å². The zero-order chi connectivity index (χ0) is 15.8. The lowest BCUT2D eigenvalue weighted by Gasteiger charge is -2.18. The summed E-state index contributed by atoms with van der Waals surface area (Å²) < 4.78 is 0. The van der Waals surface area contributed by atoms with Crippen molar-refractivity contribution >= 4 is 27.4 Å². The molecule has 23 heavy (non-hydrogen) atoms. The molecule has 1 aliphatic carbocycles. The Labute approximate surface area is 140 Å². The molecule has 1 aromatic carbocycles. The van der Waals surface area contributed by atoms with E-state index < -0.39 is 0 Å². The Morgan fingerprint density at radius 2 is 2.04 bits per heavy atom. The van der Waals surface area contributed by atoms with Crippen molar-refractivity contribution in [3.05, 3.63) is 52.2 Å². The first kappa shape index (κ1) is 14.6. The summed E-state index contributed by atoms with van der Waals surface area (Å²) in [5.74, 6) is 1.77. The molecule has 3 nitrogen and oxygen atoms in total. The van der Waals surface area contributed by atoms with Crippen LogP contribution in [-0.4, -0.2) is 9.97 Å². The van der Waals surface area contributed by atoms with Crippen LogP contribution in [-0.2, 0) is 19.4 Å². The maximum atomic E-state index is 4.52. The van der Waals surface area contributed by atoms with Gasteiger partial charge in [0.25, 0.3) is 0 Å². The minimum Gasteiger partial charge on any atom is -0.365 e. The Morgan fingerprint density at radius 3 is 2.87 bits per heavy atom. The van der Waals surface area contributed by atoms with Gasteiger partial charge in [-0.05, 0) is 43.2 Å². The van der Waals surface area contributed by atoms with Crippen LogP contribution in [0.2, 0.25) is 0 Å². The molecule has 2 aromatic heterocycles. The maximum Gasteiger partial charge on any atom is 0.138 e. The van der Waals surface area contributed by atoms with Crippen molar-refractivity contribution in [2.24, 2.45) is 5.92 Å². The van der Waals surface area contributed by atoms with E-state index in [0.717, 1.165) is 29.5 Å². The van der Waals surface area contributed by atoms with Gasteiger partial charge in [-0.15, -0.1) is 11.3 Å². The second kappa shape index (κ2) is 5.93.